The molecule has 0 bridgehead atoms. The zero-order valence-corrected chi connectivity index (χ0v) is 15.7. The summed E-state index contributed by atoms with van der Waals surface area (Å²) in [6.45, 7) is 2.24. The maximum Gasteiger partial charge on any atom is 0.337 e. The number of hydrogen-bond donors (Lipinski definition) is 1. The molecule has 0 fully saturated rings. The fourth-order valence-electron chi connectivity index (χ4n) is 2.55. The molecular weight excluding hydrogens is 358 g/mol. The Kier molecular flexibility index (Phi) is 6.11. The first-order valence-electron chi connectivity index (χ1n) is 8.89. The number of amides is 1. The van der Waals surface area contributed by atoms with E-state index in [9.17, 15) is 9.59 Å². The Hall–Kier alpha value is -3.54. The van der Waals surface area contributed by atoms with E-state index in [2.05, 4.69) is 17.0 Å². The Morgan fingerprint density at radius 3 is 2.32 bits per heavy atom. The second kappa shape index (κ2) is 8.90. The van der Waals surface area contributed by atoms with E-state index in [4.69, 9.17) is 9.15 Å². The predicted molar refractivity (Wildman–Crippen MR) is 105 cm³/mol. The molecule has 1 N–H and O–H groups in total. The van der Waals surface area contributed by atoms with Gasteiger partial charge in [-0.1, -0.05) is 19.1 Å². The summed E-state index contributed by atoms with van der Waals surface area (Å²) in [5, 5.41) is 2.80. The van der Waals surface area contributed by atoms with Crippen molar-refractivity contribution in [3.05, 3.63) is 83.3 Å². The van der Waals surface area contributed by atoms with Crippen LogP contribution in [0.5, 0.6) is 5.75 Å². The van der Waals surface area contributed by atoms with Gasteiger partial charge in [0.15, 0.2) is 5.76 Å². The molecule has 28 heavy (non-hydrogen) atoms. The molecule has 6 nitrogen and oxygen atoms in total. The van der Waals surface area contributed by atoms with Crippen molar-refractivity contribution in [1.82, 2.24) is 0 Å². The van der Waals surface area contributed by atoms with E-state index >= 15 is 0 Å². The number of aryl methyl sites for hydroxylation is 1. The van der Waals surface area contributed by atoms with Crippen LogP contribution in [-0.4, -0.2) is 19.0 Å². The third kappa shape index (κ3) is 4.79. The van der Waals surface area contributed by atoms with Crippen LogP contribution in [0.2, 0.25) is 0 Å². The molecule has 1 aromatic heterocycles. The minimum Gasteiger partial charge on any atom is -0.486 e. The van der Waals surface area contributed by atoms with E-state index in [1.165, 1.54) is 12.7 Å². The lowest BCUT2D eigenvalue weighted by Crippen LogP contribution is -2.10. The second-order valence-corrected chi connectivity index (χ2v) is 6.08. The van der Waals surface area contributed by atoms with Gasteiger partial charge in [0.25, 0.3) is 5.91 Å². The monoisotopic (exact) mass is 379 g/mol. The first-order chi connectivity index (χ1) is 13.6. The lowest BCUT2D eigenvalue weighted by atomic mass is 10.1. The molecule has 1 heterocycles. The van der Waals surface area contributed by atoms with Gasteiger partial charge >= 0.3 is 5.97 Å². The highest BCUT2D eigenvalue weighted by molar-refractivity contribution is 6.02. The molecule has 0 spiro atoms. The quantitative estimate of drug-likeness (QED) is 0.613. The minimum atomic E-state index is -0.405. The van der Waals surface area contributed by atoms with Crippen molar-refractivity contribution in [1.29, 1.82) is 0 Å². The third-order valence-corrected chi connectivity index (χ3v) is 4.16. The van der Waals surface area contributed by atoms with Crippen molar-refractivity contribution in [2.45, 2.75) is 20.0 Å². The van der Waals surface area contributed by atoms with Crippen LogP contribution < -0.4 is 10.1 Å². The van der Waals surface area contributed by atoms with Crippen molar-refractivity contribution in [3.63, 3.8) is 0 Å². The standard InChI is InChI=1S/C22H21NO5/c1-3-15-4-8-17(9-5-15)23-21(24)20-13-12-19(28-20)14-27-18-10-6-16(7-11-18)22(25)26-2/h4-13H,3,14H2,1-2H3,(H,23,24). The molecule has 0 aliphatic rings. The van der Waals surface area contributed by atoms with Crippen LogP contribution in [-0.2, 0) is 17.8 Å². The largest absolute Gasteiger partial charge is 0.486 e. The Labute approximate surface area is 163 Å². The van der Waals surface area contributed by atoms with Gasteiger partial charge in [-0.3, -0.25) is 4.79 Å². The molecule has 0 aliphatic heterocycles. The number of carbonyl (C=O) groups is 2. The van der Waals surface area contributed by atoms with Crippen molar-refractivity contribution in [2.24, 2.45) is 0 Å². The zero-order valence-electron chi connectivity index (χ0n) is 15.7. The molecule has 144 valence electrons. The summed E-state index contributed by atoms with van der Waals surface area (Å²) < 4.78 is 15.8. The first kappa shape index (κ1) is 19.2. The van der Waals surface area contributed by atoms with Gasteiger partial charge in [-0.05, 0) is 60.5 Å². The summed E-state index contributed by atoms with van der Waals surface area (Å²) in [4.78, 5) is 23.7. The van der Waals surface area contributed by atoms with Gasteiger partial charge in [0.1, 0.15) is 18.1 Å². The van der Waals surface area contributed by atoms with Crippen molar-refractivity contribution >= 4 is 17.6 Å². The molecule has 1 amide bonds. The van der Waals surface area contributed by atoms with Crippen molar-refractivity contribution in [3.8, 4) is 5.75 Å². The number of furan rings is 1. The fraction of sp³-hybridized carbons (Fsp3) is 0.182. The second-order valence-electron chi connectivity index (χ2n) is 6.08. The maximum absolute atomic E-state index is 12.3. The Bertz CT molecular complexity index is 942. The molecule has 0 radical (unpaired) electrons. The lowest BCUT2D eigenvalue weighted by molar-refractivity contribution is 0.0600. The van der Waals surface area contributed by atoms with Crippen molar-refractivity contribution in [2.75, 3.05) is 12.4 Å². The number of hydrogen-bond acceptors (Lipinski definition) is 5. The van der Waals surface area contributed by atoms with E-state index in [0.717, 1.165) is 6.42 Å². The van der Waals surface area contributed by atoms with Gasteiger partial charge in [-0.2, -0.15) is 0 Å². The Morgan fingerprint density at radius 1 is 0.964 bits per heavy atom. The summed E-state index contributed by atoms with van der Waals surface area (Å²) in [5.41, 5.74) is 2.36. The SMILES string of the molecule is CCc1ccc(NC(=O)c2ccc(COc3ccc(C(=O)OC)cc3)o2)cc1. The number of nitrogens with one attached hydrogen (secondary N) is 1. The molecule has 0 atom stereocenters. The number of carbonyl (C=O) groups excluding carboxylic acids is 2. The van der Waals surface area contributed by atoms with Crippen LogP contribution in [0.15, 0.2) is 65.1 Å². The first-order valence-corrected chi connectivity index (χ1v) is 8.89. The third-order valence-electron chi connectivity index (χ3n) is 4.16. The molecular formula is C22H21NO5. The van der Waals surface area contributed by atoms with E-state index in [1.807, 2.05) is 24.3 Å². The van der Waals surface area contributed by atoms with Gasteiger partial charge in [0.2, 0.25) is 0 Å². The average Bonchev–Trinajstić information content (AvgIpc) is 3.22. The highest BCUT2D eigenvalue weighted by Crippen LogP contribution is 2.17. The highest BCUT2D eigenvalue weighted by Gasteiger charge is 2.12. The molecule has 0 saturated heterocycles. The smallest absolute Gasteiger partial charge is 0.337 e. The van der Waals surface area contributed by atoms with E-state index in [0.29, 0.717) is 22.8 Å². The number of anilines is 1. The highest BCUT2D eigenvalue weighted by atomic mass is 16.5. The van der Waals surface area contributed by atoms with Gasteiger partial charge < -0.3 is 19.2 Å². The van der Waals surface area contributed by atoms with E-state index in [1.54, 1.807) is 36.4 Å². The van der Waals surface area contributed by atoms with Gasteiger partial charge in [-0.25, -0.2) is 4.79 Å². The summed E-state index contributed by atoms with van der Waals surface area (Å²) in [7, 11) is 1.33. The molecule has 3 aromatic rings. The summed E-state index contributed by atoms with van der Waals surface area (Å²) in [5.74, 6) is 0.573. The van der Waals surface area contributed by atoms with Crippen LogP contribution in [0.25, 0.3) is 0 Å². The molecule has 0 unspecified atom stereocenters. The zero-order chi connectivity index (χ0) is 19.9. The number of esters is 1. The normalized spacial score (nSPS) is 10.4. The molecule has 2 aromatic carbocycles. The lowest BCUT2D eigenvalue weighted by Gasteiger charge is -2.06. The number of benzene rings is 2. The number of ether oxygens (including phenoxy) is 2. The topological polar surface area (TPSA) is 77.8 Å². The summed E-state index contributed by atoms with van der Waals surface area (Å²) in [6, 6.07) is 17.5. The fourth-order valence-corrected chi connectivity index (χ4v) is 2.55. The predicted octanol–water partition coefficient (Wildman–Crippen LogP) is 4.46. The van der Waals surface area contributed by atoms with Crippen LogP contribution in [0, 0.1) is 0 Å². The van der Waals surface area contributed by atoms with E-state index < -0.39 is 5.97 Å². The van der Waals surface area contributed by atoms with E-state index in [-0.39, 0.29) is 18.3 Å². The van der Waals surface area contributed by atoms with Crippen LogP contribution >= 0.6 is 0 Å². The van der Waals surface area contributed by atoms with Gasteiger partial charge in [0, 0.05) is 5.69 Å². The number of methoxy groups -OCH3 is 1. The van der Waals surface area contributed by atoms with Crippen LogP contribution in [0.4, 0.5) is 5.69 Å². The average molecular weight is 379 g/mol. The van der Waals surface area contributed by atoms with Crippen LogP contribution in [0.3, 0.4) is 0 Å². The van der Waals surface area contributed by atoms with Gasteiger partial charge in [-0.15, -0.1) is 0 Å². The van der Waals surface area contributed by atoms with Crippen molar-refractivity contribution < 1.29 is 23.5 Å². The maximum atomic E-state index is 12.3. The summed E-state index contributed by atoms with van der Waals surface area (Å²) >= 11 is 0. The van der Waals surface area contributed by atoms with Gasteiger partial charge in [0.05, 0.1) is 12.7 Å². The van der Waals surface area contributed by atoms with Crippen LogP contribution in [0.1, 0.15) is 39.2 Å². The molecule has 6 heteroatoms. The molecule has 0 aliphatic carbocycles. The molecule has 0 saturated carbocycles. The minimum absolute atomic E-state index is 0.163. The Balaban J connectivity index is 1.55. The number of rotatable bonds is 7. The molecule has 3 rings (SSSR count). The Morgan fingerprint density at radius 2 is 1.68 bits per heavy atom. The summed E-state index contributed by atoms with van der Waals surface area (Å²) in [6.07, 6.45) is 0.946.